The maximum Gasteiger partial charge on any atom is 0.382 e. The van der Waals surface area contributed by atoms with Crippen molar-refractivity contribution in [3.8, 4) is 0 Å². The van der Waals surface area contributed by atoms with Gasteiger partial charge < -0.3 is 4.74 Å². The van der Waals surface area contributed by atoms with Gasteiger partial charge in [0.2, 0.25) is 0 Å². The lowest BCUT2D eigenvalue weighted by Gasteiger charge is -2.23. The van der Waals surface area contributed by atoms with Crippen LogP contribution in [0, 0.1) is 13.8 Å². The number of aromatic nitrogens is 2. The number of aryl methyl sites for hydroxylation is 2. The Bertz CT molecular complexity index is 1220. The van der Waals surface area contributed by atoms with Crippen LogP contribution in [0.15, 0.2) is 47.4 Å². The smallest absolute Gasteiger partial charge is 0.382 e. The minimum absolute atomic E-state index is 0.0261. The summed E-state index contributed by atoms with van der Waals surface area (Å²) in [4.78, 5) is 12.0. The van der Waals surface area contributed by atoms with E-state index in [4.69, 9.17) is 4.74 Å². The van der Waals surface area contributed by atoms with Gasteiger partial charge in [0.25, 0.3) is 10.0 Å². The van der Waals surface area contributed by atoms with Crippen LogP contribution in [-0.2, 0) is 25.5 Å². The number of hydrogen-bond acceptors (Lipinski definition) is 5. The van der Waals surface area contributed by atoms with Gasteiger partial charge >= 0.3 is 11.9 Å². The first kappa shape index (κ1) is 21.9. The number of carbonyl (C=O) groups excluding carboxylic acids is 1. The SMILES string of the molecule is Cc1ccc(S(=O)(=O)n2nc(C)c3ccc(C(F)(F)C(=O)OC(C)(C)C)cc32)cc1. The second kappa shape index (κ2) is 7.16. The van der Waals surface area contributed by atoms with E-state index in [1.807, 2.05) is 6.92 Å². The highest BCUT2D eigenvalue weighted by Crippen LogP contribution is 2.34. The van der Waals surface area contributed by atoms with Crippen molar-refractivity contribution in [2.24, 2.45) is 0 Å². The Labute approximate surface area is 173 Å². The number of hydrogen-bond donors (Lipinski definition) is 0. The van der Waals surface area contributed by atoms with Crippen LogP contribution >= 0.6 is 0 Å². The number of rotatable bonds is 4. The molecular weight excluding hydrogens is 414 g/mol. The topological polar surface area (TPSA) is 78.3 Å². The van der Waals surface area contributed by atoms with Crippen molar-refractivity contribution in [1.82, 2.24) is 9.19 Å². The summed E-state index contributed by atoms with van der Waals surface area (Å²) in [6, 6.07) is 9.47. The minimum Gasteiger partial charge on any atom is -0.455 e. The number of carbonyl (C=O) groups is 1. The fourth-order valence-corrected chi connectivity index (χ4v) is 4.21. The molecule has 1 heterocycles. The molecule has 1 aromatic heterocycles. The maximum absolute atomic E-state index is 14.8. The quantitative estimate of drug-likeness (QED) is 0.569. The summed E-state index contributed by atoms with van der Waals surface area (Å²) in [6.45, 7) is 7.84. The molecule has 0 aliphatic rings. The highest BCUT2D eigenvalue weighted by atomic mass is 32.2. The number of ether oxygens (including phenoxy) is 1. The van der Waals surface area contributed by atoms with Crippen LogP contribution in [0.25, 0.3) is 10.9 Å². The van der Waals surface area contributed by atoms with Gasteiger partial charge in [0.1, 0.15) is 5.60 Å². The molecule has 0 saturated heterocycles. The lowest BCUT2D eigenvalue weighted by molar-refractivity contribution is -0.185. The Balaban J connectivity index is 2.15. The summed E-state index contributed by atoms with van der Waals surface area (Å²) in [5, 5.41) is 4.44. The second-order valence-corrected chi connectivity index (χ2v) is 9.82. The Morgan fingerprint density at radius 2 is 1.63 bits per heavy atom. The van der Waals surface area contributed by atoms with Gasteiger partial charge in [0, 0.05) is 10.9 Å². The number of nitrogens with zero attached hydrogens (tertiary/aromatic N) is 2. The first-order chi connectivity index (χ1) is 13.7. The van der Waals surface area contributed by atoms with Crippen LogP contribution in [0.5, 0.6) is 0 Å². The Morgan fingerprint density at radius 1 is 1.03 bits per heavy atom. The molecule has 2 aromatic carbocycles. The number of benzene rings is 2. The van der Waals surface area contributed by atoms with Crippen molar-refractivity contribution in [3.63, 3.8) is 0 Å². The van der Waals surface area contributed by atoms with E-state index in [9.17, 15) is 22.0 Å². The first-order valence-electron chi connectivity index (χ1n) is 9.17. The third-order valence-corrected chi connectivity index (χ3v) is 6.00. The Morgan fingerprint density at radius 3 is 2.20 bits per heavy atom. The lowest BCUT2D eigenvalue weighted by atomic mass is 10.1. The third kappa shape index (κ3) is 3.94. The highest BCUT2D eigenvalue weighted by molar-refractivity contribution is 7.90. The van der Waals surface area contributed by atoms with Gasteiger partial charge in [0.05, 0.1) is 16.1 Å². The highest BCUT2D eigenvalue weighted by Gasteiger charge is 2.45. The van der Waals surface area contributed by atoms with Gasteiger partial charge in [-0.2, -0.15) is 26.4 Å². The van der Waals surface area contributed by atoms with E-state index in [0.29, 0.717) is 11.1 Å². The van der Waals surface area contributed by atoms with Gasteiger partial charge in [-0.3, -0.25) is 0 Å². The molecule has 0 saturated carbocycles. The average molecular weight is 436 g/mol. The van der Waals surface area contributed by atoms with Crippen molar-refractivity contribution in [1.29, 1.82) is 0 Å². The molecule has 30 heavy (non-hydrogen) atoms. The standard InChI is InChI=1S/C21H22F2N2O4S/c1-13-6-9-16(10-7-13)30(27,28)25-18-12-15(8-11-17(18)14(2)24-25)21(22,23)19(26)29-20(3,4)5/h6-12H,1-5H3. The largest absolute Gasteiger partial charge is 0.455 e. The summed E-state index contributed by atoms with van der Waals surface area (Å²) in [7, 11) is -4.13. The molecule has 0 aliphatic carbocycles. The maximum atomic E-state index is 14.8. The number of esters is 1. The fraction of sp³-hybridized carbons (Fsp3) is 0.333. The molecule has 0 unspecified atom stereocenters. The summed E-state index contributed by atoms with van der Waals surface area (Å²) >= 11 is 0. The Kier molecular flexibility index (Phi) is 5.22. The molecule has 0 fully saturated rings. The summed E-state index contributed by atoms with van der Waals surface area (Å²) in [5.41, 5.74) is -0.599. The normalized spacial score (nSPS) is 12.9. The minimum atomic E-state index is -4.13. The molecule has 6 nitrogen and oxygen atoms in total. The first-order valence-corrected chi connectivity index (χ1v) is 10.6. The molecule has 160 valence electrons. The zero-order chi connectivity index (χ0) is 22.5. The molecule has 9 heteroatoms. The molecule has 3 aromatic rings. The van der Waals surface area contributed by atoms with Gasteiger partial charge in [-0.1, -0.05) is 29.8 Å². The zero-order valence-corrected chi connectivity index (χ0v) is 18.0. The molecule has 0 radical (unpaired) electrons. The van der Waals surface area contributed by atoms with Crippen molar-refractivity contribution in [3.05, 3.63) is 59.3 Å². The molecule has 0 atom stereocenters. The van der Waals surface area contributed by atoms with E-state index in [0.717, 1.165) is 21.8 Å². The predicted octanol–water partition coefficient (Wildman–Crippen LogP) is 4.32. The number of fused-ring (bicyclic) bond motifs is 1. The van der Waals surface area contributed by atoms with Gasteiger partial charge in [-0.15, -0.1) is 0 Å². The Hall–Kier alpha value is -2.81. The lowest BCUT2D eigenvalue weighted by Crippen LogP contribution is -2.35. The van der Waals surface area contributed by atoms with Gasteiger partial charge in [0.15, 0.2) is 0 Å². The van der Waals surface area contributed by atoms with Crippen molar-refractivity contribution in [2.45, 2.75) is 51.0 Å². The van der Waals surface area contributed by atoms with E-state index >= 15 is 0 Å². The van der Waals surface area contributed by atoms with Crippen LogP contribution in [0.4, 0.5) is 8.78 Å². The number of alkyl halides is 2. The summed E-state index contributed by atoms with van der Waals surface area (Å²) in [5.74, 6) is -5.67. The van der Waals surface area contributed by atoms with Gasteiger partial charge in [-0.05, 0) is 52.8 Å². The monoisotopic (exact) mass is 436 g/mol. The molecule has 0 N–H and O–H groups in total. The molecule has 0 spiro atoms. The van der Waals surface area contributed by atoms with E-state index in [2.05, 4.69) is 5.10 Å². The van der Waals surface area contributed by atoms with Crippen LogP contribution in [-0.4, -0.2) is 29.2 Å². The average Bonchev–Trinajstić information content (AvgIpc) is 2.97. The zero-order valence-electron chi connectivity index (χ0n) is 17.2. The molecule has 0 amide bonds. The van der Waals surface area contributed by atoms with E-state index in [-0.39, 0.29) is 10.4 Å². The molecule has 3 rings (SSSR count). The van der Waals surface area contributed by atoms with E-state index < -0.39 is 33.1 Å². The second-order valence-electron chi connectivity index (χ2n) is 8.05. The summed E-state index contributed by atoms with van der Waals surface area (Å²) < 4.78 is 61.2. The van der Waals surface area contributed by atoms with Crippen molar-refractivity contribution >= 4 is 26.9 Å². The van der Waals surface area contributed by atoms with Gasteiger partial charge in [-0.25, -0.2) is 4.79 Å². The third-order valence-electron chi connectivity index (χ3n) is 4.40. The van der Waals surface area contributed by atoms with Crippen molar-refractivity contribution < 1.29 is 26.7 Å². The molecule has 0 bridgehead atoms. The predicted molar refractivity (Wildman–Crippen MR) is 108 cm³/mol. The molecule has 0 aliphatic heterocycles. The van der Waals surface area contributed by atoms with E-state index in [1.54, 1.807) is 19.1 Å². The molecular formula is C21H22F2N2O4S. The van der Waals surface area contributed by atoms with E-state index in [1.165, 1.54) is 39.0 Å². The van der Waals surface area contributed by atoms with Crippen LogP contribution in [0.3, 0.4) is 0 Å². The van der Waals surface area contributed by atoms with Crippen molar-refractivity contribution in [2.75, 3.05) is 0 Å². The van der Waals surface area contributed by atoms with Crippen LogP contribution < -0.4 is 0 Å². The van der Waals surface area contributed by atoms with Crippen LogP contribution in [0.2, 0.25) is 0 Å². The fourth-order valence-electron chi connectivity index (χ4n) is 2.89. The number of halogens is 2. The van der Waals surface area contributed by atoms with Crippen LogP contribution in [0.1, 0.15) is 37.6 Å². The summed E-state index contributed by atoms with van der Waals surface area (Å²) in [6.07, 6.45) is 0.